The zero-order valence-corrected chi connectivity index (χ0v) is 25.3. The Bertz CT molecular complexity index is 1510. The maximum atomic E-state index is 11.3. The first-order chi connectivity index (χ1) is 20.2. The highest BCUT2D eigenvalue weighted by Gasteiger charge is 2.32. The number of nitrogens with zero attached hydrogens (tertiary/aromatic N) is 6. The molecule has 4 heterocycles. The van der Waals surface area contributed by atoms with Crippen LogP contribution in [0.15, 0.2) is 79.6 Å². The van der Waals surface area contributed by atoms with Gasteiger partial charge in [-0.3, -0.25) is 14.6 Å². The van der Waals surface area contributed by atoms with Crippen LogP contribution in [0, 0.1) is 0 Å². The molecule has 2 aliphatic rings. The first kappa shape index (κ1) is 29.5. The number of hydrogen-bond acceptors (Lipinski definition) is 6. The van der Waals surface area contributed by atoms with Crippen LogP contribution in [-0.4, -0.2) is 48.0 Å². The lowest BCUT2D eigenvalue weighted by Crippen LogP contribution is -2.36. The van der Waals surface area contributed by atoms with Gasteiger partial charge in [-0.15, -0.1) is 0 Å². The monoisotopic (exact) mass is 566 g/mol. The van der Waals surface area contributed by atoms with E-state index in [1.54, 1.807) is 0 Å². The van der Waals surface area contributed by atoms with Crippen LogP contribution in [0.5, 0.6) is 0 Å². The number of imidazole rings is 2. The molecular formula is C34H42N6O2. The Morgan fingerprint density at radius 1 is 0.786 bits per heavy atom. The molecule has 2 aliphatic heterocycles. The number of hydrogen-bond donors (Lipinski definition) is 0. The van der Waals surface area contributed by atoms with E-state index in [1.165, 1.54) is 29.4 Å². The molecule has 42 heavy (non-hydrogen) atoms. The van der Waals surface area contributed by atoms with Crippen LogP contribution in [0.25, 0.3) is 5.57 Å². The normalized spacial score (nSPS) is 15.2. The minimum atomic E-state index is -0.703. The molecule has 0 amide bonds. The van der Waals surface area contributed by atoms with Crippen molar-refractivity contribution < 1.29 is 9.53 Å². The Kier molecular flexibility index (Phi) is 9.04. The van der Waals surface area contributed by atoms with Gasteiger partial charge in [-0.25, -0.2) is 9.97 Å². The zero-order valence-electron chi connectivity index (χ0n) is 25.3. The number of aromatic nitrogens is 4. The smallest absolute Gasteiger partial charge is 0.303 e. The van der Waals surface area contributed by atoms with Gasteiger partial charge in [0.05, 0.1) is 17.6 Å². The van der Waals surface area contributed by atoms with E-state index in [1.807, 2.05) is 39.2 Å². The summed E-state index contributed by atoms with van der Waals surface area (Å²) in [6.07, 6.45) is 3.89. The Labute approximate surface area is 249 Å². The number of carbonyl (C=O) groups is 1. The van der Waals surface area contributed by atoms with E-state index in [2.05, 4.69) is 90.1 Å². The van der Waals surface area contributed by atoms with Crippen LogP contribution in [-0.2, 0) is 54.4 Å². The van der Waals surface area contributed by atoms with Crippen LogP contribution in [0.3, 0.4) is 0 Å². The second kappa shape index (κ2) is 12.9. The van der Waals surface area contributed by atoms with Crippen LogP contribution < -0.4 is 0 Å². The van der Waals surface area contributed by atoms with Gasteiger partial charge in [0.1, 0.15) is 5.82 Å². The van der Waals surface area contributed by atoms with Gasteiger partial charge in [0.2, 0.25) is 0 Å². The van der Waals surface area contributed by atoms with Gasteiger partial charge in [0.25, 0.3) is 0 Å². The van der Waals surface area contributed by atoms with Crippen LogP contribution in [0.2, 0.25) is 0 Å². The first-order valence-corrected chi connectivity index (χ1v) is 14.7. The molecule has 2 aromatic carbocycles. The lowest BCUT2D eigenvalue weighted by Gasteiger charge is -2.31. The summed E-state index contributed by atoms with van der Waals surface area (Å²) >= 11 is 0. The number of esters is 1. The van der Waals surface area contributed by atoms with Crippen molar-refractivity contribution in [2.24, 2.45) is 0 Å². The Hall–Kier alpha value is -4.01. The van der Waals surface area contributed by atoms with Crippen molar-refractivity contribution in [3.8, 4) is 0 Å². The van der Waals surface area contributed by atoms with Gasteiger partial charge in [-0.2, -0.15) is 0 Å². The fourth-order valence-corrected chi connectivity index (χ4v) is 5.85. The second-order valence-electron chi connectivity index (χ2n) is 11.7. The molecule has 0 fully saturated rings. The van der Waals surface area contributed by atoms with Crippen molar-refractivity contribution in [3.05, 3.63) is 114 Å². The van der Waals surface area contributed by atoms with Crippen LogP contribution >= 0.6 is 0 Å². The van der Waals surface area contributed by atoms with Gasteiger partial charge >= 0.3 is 5.97 Å². The maximum absolute atomic E-state index is 11.3. The summed E-state index contributed by atoms with van der Waals surface area (Å²) in [6, 6.07) is 21.1. The lowest BCUT2D eigenvalue weighted by atomic mass is 10.1. The number of fused-ring (bicyclic) bond motifs is 2. The lowest BCUT2D eigenvalue weighted by molar-refractivity contribution is -0.155. The number of ether oxygens (including phenoxy) is 1. The Balaban J connectivity index is 0.000000171. The third-order valence-corrected chi connectivity index (χ3v) is 7.74. The van der Waals surface area contributed by atoms with Gasteiger partial charge in [-0.1, -0.05) is 67.2 Å². The van der Waals surface area contributed by atoms with E-state index in [0.29, 0.717) is 0 Å². The molecule has 2 aromatic heterocycles. The largest absolute Gasteiger partial charge is 0.452 e. The number of rotatable bonds is 7. The Morgan fingerprint density at radius 2 is 1.29 bits per heavy atom. The summed E-state index contributed by atoms with van der Waals surface area (Å²) in [5, 5.41) is 0. The number of benzene rings is 2. The van der Waals surface area contributed by atoms with E-state index in [4.69, 9.17) is 4.74 Å². The minimum Gasteiger partial charge on any atom is -0.452 e. The third kappa shape index (κ3) is 7.06. The van der Waals surface area contributed by atoms with E-state index < -0.39 is 5.60 Å². The molecule has 0 N–H and O–H groups in total. The molecule has 8 heteroatoms. The molecule has 0 bridgehead atoms. The van der Waals surface area contributed by atoms with Gasteiger partial charge in [0, 0.05) is 65.5 Å². The predicted molar refractivity (Wildman–Crippen MR) is 165 cm³/mol. The topological polar surface area (TPSA) is 68.4 Å². The maximum Gasteiger partial charge on any atom is 0.303 e. The predicted octanol–water partition coefficient (Wildman–Crippen LogP) is 5.63. The average Bonchev–Trinajstić information content (AvgIpc) is 3.58. The van der Waals surface area contributed by atoms with Crippen molar-refractivity contribution in [2.75, 3.05) is 13.1 Å². The standard InChI is InChI=1S/C18H23N3O2.C16H19N3/c1-14(22)23-18(2,3)17-19-11-16-13-20(9-10-21(16)17)12-15-7-5-4-6-8-15;1-13(2)16-17-10-15-12-18(8-9-19(15)16)11-14-6-4-3-5-7-14/h4-8,11H,9-10,12-13H2,1-3H3;3-7,10H,1,8-9,11-12H2,2H3. The highest BCUT2D eigenvalue weighted by molar-refractivity contribution is 5.66. The van der Waals surface area contributed by atoms with Gasteiger partial charge < -0.3 is 13.9 Å². The molecule has 8 nitrogen and oxygen atoms in total. The average molecular weight is 567 g/mol. The molecule has 4 aromatic rings. The SMILES string of the molecule is C=C(C)c1ncc2n1CCN(Cc1ccccc1)C2.CC(=O)OC(C)(C)c1ncc2n1CCN(Cc1ccccc1)C2. The molecule has 6 rings (SSSR count). The molecule has 0 atom stereocenters. The van der Waals surface area contributed by atoms with E-state index in [-0.39, 0.29) is 5.97 Å². The summed E-state index contributed by atoms with van der Waals surface area (Å²) in [5.74, 6) is 1.57. The second-order valence-corrected chi connectivity index (χ2v) is 11.7. The number of carbonyl (C=O) groups excluding carboxylic acids is 1. The highest BCUT2D eigenvalue weighted by atomic mass is 16.6. The number of allylic oxidation sites excluding steroid dienone is 1. The van der Waals surface area contributed by atoms with E-state index in [9.17, 15) is 4.79 Å². The van der Waals surface area contributed by atoms with Crippen molar-refractivity contribution in [2.45, 2.75) is 72.6 Å². The molecule has 220 valence electrons. The summed E-state index contributed by atoms with van der Waals surface area (Å²) in [5.41, 5.74) is 5.49. The molecule has 0 saturated heterocycles. The van der Waals surface area contributed by atoms with Gasteiger partial charge in [-0.05, 0) is 37.5 Å². The van der Waals surface area contributed by atoms with Crippen molar-refractivity contribution in [1.82, 2.24) is 28.9 Å². The quantitative estimate of drug-likeness (QED) is 0.270. The summed E-state index contributed by atoms with van der Waals surface area (Å²) < 4.78 is 9.92. The Morgan fingerprint density at radius 3 is 1.81 bits per heavy atom. The molecular weight excluding hydrogens is 524 g/mol. The minimum absolute atomic E-state index is 0.283. The molecule has 0 radical (unpaired) electrons. The van der Waals surface area contributed by atoms with Crippen molar-refractivity contribution in [1.29, 1.82) is 0 Å². The van der Waals surface area contributed by atoms with Crippen molar-refractivity contribution >= 4 is 11.5 Å². The molecule has 0 spiro atoms. The third-order valence-electron chi connectivity index (χ3n) is 7.74. The van der Waals surface area contributed by atoms with E-state index in [0.717, 1.165) is 69.6 Å². The summed E-state index contributed by atoms with van der Waals surface area (Å²) in [4.78, 5) is 25.2. The van der Waals surface area contributed by atoms with Crippen molar-refractivity contribution in [3.63, 3.8) is 0 Å². The fraction of sp³-hybridized carbons (Fsp3) is 0.382. The van der Waals surface area contributed by atoms with Crippen LogP contribution in [0.1, 0.15) is 61.9 Å². The molecule has 0 unspecified atom stereocenters. The fourth-order valence-electron chi connectivity index (χ4n) is 5.85. The highest BCUT2D eigenvalue weighted by Crippen LogP contribution is 2.27. The van der Waals surface area contributed by atoms with Crippen LogP contribution in [0.4, 0.5) is 0 Å². The zero-order chi connectivity index (χ0) is 29.7. The van der Waals surface area contributed by atoms with Gasteiger partial charge in [0.15, 0.2) is 11.4 Å². The van der Waals surface area contributed by atoms with E-state index >= 15 is 0 Å². The molecule has 0 saturated carbocycles. The first-order valence-electron chi connectivity index (χ1n) is 14.7. The molecule has 0 aliphatic carbocycles. The summed E-state index contributed by atoms with van der Waals surface area (Å²) in [7, 11) is 0. The summed E-state index contributed by atoms with van der Waals surface area (Å²) in [6.45, 7) is 18.9.